The molecule has 1 aromatic rings. The fourth-order valence-corrected chi connectivity index (χ4v) is 2.74. The zero-order chi connectivity index (χ0) is 13.7. The van der Waals surface area contributed by atoms with Crippen LogP contribution in [0.1, 0.15) is 31.4 Å². The molecule has 2 unspecified atom stereocenters. The monoisotopic (exact) mass is 266 g/mol. The highest BCUT2D eigenvalue weighted by Gasteiger charge is 2.22. The molecule has 0 spiro atoms. The van der Waals surface area contributed by atoms with Crippen LogP contribution in [0.25, 0.3) is 0 Å². The van der Waals surface area contributed by atoms with Gasteiger partial charge in [0.05, 0.1) is 6.61 Å². The number of halogens is 1. The smallest absolute Gasteiger partial charge is 0.123 e. The summed E-state index contributed by atoms with van der Waals surface area (Å²) in [5.41, 5.74) is 0.964. The number of benzene rings is 1. The lowest BCUT2D eigenvalue weighted by molar-refractivity contribution is 0.147. The van der Waals surface area contributed by atoms with Crippen molar-refractivity contribution in [2.45, 2.75) is 31.8 Å². The predicted molar refractivity (Wildman–Crippen MR) is 74.5 cm³/mol. The summed E-state index contributed by atoms with van der Waals surface area (Å²) in [6.45, 7) is 4.80. The Morgan fingerprint density at radius 2 is 2.37 bits per heavy atom. The van der Waals surface area contributed by atoms with Gasteiger partial charge < -0.3 is 10.4 Å². The van der Waals surface area contributed by atoms with Crippen molar-refractivity contribution in [3.05, 3.63) is 35.6 Å². The van der Waals surface area contributed by atoms with Gasteiger partial charge in [0.25, 0.3) is 0 Å². The molecule has 0 aliphatic carbocycles. The SMILES string of the molecule is CC(c1cccc(F)c1)N(CCO)CC1CCCN1. The molecule has 0 aromatic heterocycles. The van der Waals surface area contributed by atoms with E-state index in [-0.39, 0.29) is 18.5 Å². The average molecular weight is 266 g/mol. The lowest BCUT2D eigenvalue weighted by Gasteiger charge is -2.31. The van der Waals surface area contributed by atoms with Crippen molar-refractivity contribution in [3.63, 3.8) is 0 Å². The lowest BCUT2D eigenvalue weighted by atomic mass is 10.1. The molecule has 106 valence electrons. The van der Waals surface area contributed by atoms with Crippen molar-refractivity contribution in [3.8, 4) is 0 Å². The van der Waals surface area contributed by atoms with Crippen molar-refractivity contribution in [1.82, 2.24) is 10.2 Å². The third-order valence-corrected chi connectivity index (χ3v) is 3.88. The first-order valence-electron chi connectivity index (χ1n) is 7.04. The fraction of sp³-hybridized carbons (Fsp3) is 0.600. The Labute approximate surface area is 114 Å². The van der Waals surface area contributed by atoms with E-state index in [2.05, 4.69) is 17.1 Å². The van der Waals surface area contributed by atoms with Gasteiger partial charge in [-0.3, -0.25) is 4.90 Å². The van der Waals surface area contributed by atoms with Crippen molar-refractivity contribution in [2.24, 2.45) is 0 Å². The third kappa shape index (κ3) is 4.00. The van der Waals surface area contributed by atoms with Gasteiger partial charge in [0.1, 0.15) is 5.82 Å². The van der Waals surface area contributed by atoms with E-state index >= 15 is 0 Å². The van der Waals surface area contributed by atoms with E-state index in [9.17, 15) is 9.50 Å². The maximum atomic E-state index is 13.3. The third-order valence-electron chi connectivity index (χ3n) is 3.88. The molecule has 1 heterocycles. The van der Waals surface area contributed by atoms with Gasteiger partial charge in [-0.05, 0) is 44.0 Å². The Bertz CT molecular complexity index is 393. The Morgan fingerprint density at radius 1 is 1.53 bits per heavy atom. The Balaban J connectivity index is 2.04. The van der Waals surface area contributed by atoms with Crippen LogP contribution >= 0.6 is 0 Å². The lowest BCUT2D eigenvalue weighted by Crippen LogP contribution is -2.40. The predicted octanol–water partition coefficient (Wildman–Crippen LogP) is 1.93. The maximum absolute atomic E-state index is 13.3. The van der Waals surface area contributed by atoms with Crippen LogP contribution < -0.4 is 5.32 Å². The Morgan fingerprint density at radius 3 is 3.00 bits per heavy atom. The van der Waals surface area contributed by atoms with E-state index in [4.69, 9.17) is 0 Å². The van der Waals surface area contributed by atoms with Crippen LogP contribution in [0.4, 0.5) is 4.39 Å². The second kappa shape index (κ2) is 6.98. The van der Waals surface area contributed by atoms with Crippen LogP contribution in [-0.4, -0.2) is 42.3 Å². The molecule has 1 aliphatic heterocycles. The van der Waals surface area contributed by atoms with Crippen LogP contribution in [-0.2, 0) is 0 Å². The fourth-order valence-electron chi connectivity index (χ4n) is 2.74. The van der Waals surface area contributed by atoms with E-state index in [1.54, 1.807) is 12.1 Å². The first-order valence-corrected chi connectivity index (χ1v) is 7.04. The van der Waals surface area contributed by atoms with Crippen LogP contribution in [0.3, 0.4) is 0 Å². The highest BCUT2D eigenvalue weighted by Crippen LogP contribution is 2.22. The van der Waals surface area contributed by atoms with Crippen LogP contribution in [0.2, 0.25) is 0 Å². The van der Waals surface area contributed by atoms with Crippen molar-refractivity contribution >= 4 is 0 Å². The second-order valence-electron chi connectivity index (χ2n) is 5.24. The van der Waals surface area contributed by atoms with Crippen LogP contribution in [0, 0.1) is 5.82 Å². The summed E-state index contributed by atoms with van der Waals surface area (Å²) in [5.74, 6) is -0.202. The summed E-state index contributed by atoms with van der Waals surface area (Å²) in [7, 11) is 0. The zero-order valence-corrected chi connectivity index (χ0v) is 11.5. The largest absolute Gasteiger partial charge is 0.395 e. The van der Waals surface area contributed by atoms with Gasteiger partial charge in [0.2, 0.25) is 0 Å². The van der Waals surface area contributed by atoms with E-state index < -0.39 is 0 Å². The maximum Gasteiger partial charge on any atom is 0.123 e. The topological polar surface area (TPSA) is 35.5 Å². The van der Waals surface area contributed by atoms with Crippen molar-refractivity contribution in [1.29, 1.82) is 0 Å². The summed E-state index contributed by atoms with van der Waals surface area (Å²) in [4.78, 5) is 2.22. The number of aliphatic hydroxyl groups is 1. The zero-order valence-electron chi connectivity index (χ0n) is 11.5. The minimum Gasteiger partial charge on any atom is -0.395 e. The minimum absolute atomic E-state index is 0.116. The standard InChI is InChI=1S/C15H23FN2O/c1-12(13-4-2-5-14(16)10-13)18(8-9-19)11-15-6-3-7-17-15/h2,4-5,10,12,15,17,19H,3,6-9,11H2,1H3. The number of hydrogen-bond acceptors (Lipinski definition) is 3. The summed E-state index contributed by atoms with van der Waals surface area (Å²) in [5, 5.41) is 12.7. The first kappa shape index (κ1) is 14.4. The second-order valence-corrected chi connectivity index (χ2v) is 5.24. The number of nitrogens with zero attached hydrogens (tertiary/aromatic N) is 1. The normalized spacial score (nSPS) is 20.9. The Hall–Kier alpha value is -0.970. The van der Waals surface area contributed by atoms with Gasteiger partial charge in [-0.1, -0.05) is 12.1 Å². The van der Waals surface area contributed by atoms with Gasteiger partial charge in [-0.15, -0.1) is 0 Å². The minimum atomic E-state index is -0.202. The molecule has 0 amide bonds. The van der Waals surface area contributed by atoms with Gasteiger partial charge in [0.15, 0.2) is 0 Å². The number of aliphatic hydroxyl groups excluding tert-OH is 1. The molecular weight excluding hydrogens is 243 g/mol. The van der Waals surface area contributed by atoms with Gasteiger partial charge in [-0.25, -0.2) is 4.39 Å². The molecule has 3 nitrogen and oxygen atoms in total. The molecule has 2 rings (SSSR count). The van der Waals surface area contributed by atoms with E-state index in [1.807, 2.05) is 6.07 Å². The highest BCUT2D eigenvalue weighted by atomic mass is 19.1. The van der Waals surface area contributed by atoms with Crippen LogP contribution in [0.5, 0.6) is 0 Å². The molecule has 1 fully saturated rings. The molecule has 4 heteroatoms. The number of nitrogens with one attached hydrogen (secondary N) is 1. The molecular formula is C15H23FN2O. The summed E-state index contributed by atoms with van der Waals surface area (Å²) in [6, 6.07) is 7.34. The molecule has 0 bridgehead atoms. The van der Waals surface area contributed by atoms with E-state index in [1.165, 1.54) is 18.9 Å². The van der Waals surface area contributed by atoms with E-state index in [0.29, 0.717) is 12.6 Å². The molecule has 1 aliphatic rings. The summed E-state index contributed by atoms with van der Waals surface area (Å²) >= 11 is 0. The molecule has 0 saturated carbocycles. The first-order chi connectivity index (χ1) is 9.20. The van der Waals surface area contributed by atoms with Crippen molar-refractivity contribution in [2.75, 3.05) is 26.2 Å². The molecule has 19 heavy (non-hydrogen) atoms. The van der Waals surface area contributed by atoms with E-state index in [0.717, 1.165) is 18.7 Å². The van der Waals surface area contributed by atoms with Gasteiger partial charge in [0, 0.05) is 25.2 Å². The van der Waals surface area contributed by atoms with Gasteiger partial charge in [-0.2, -0.15) is 0 Å². The summed E-state index contributed by atoms with van der Waals surface area (Å²) < 4.78 is 13.3. The molecule has 1 saturated heterocycles. The molecule has 1 aromatic carbocycles. The van der Waals surface area contributed by atoms with Crippen molar-refractivity contribution < 1.29 is 9.50 Å². The molecule has 0 radical (unpaired) electrons. The molecule has 2 atom stereocenters. The highest BCUT2D eigenvalue weighted by molar-refractivity contribution is 5.19. The summed E-state index contributed by atoms with van der Waals surface area (Å²) in [6.07, 6.45) is 2.39. The quantitative estimate of drug-likeness (QED) is 0.826. The number of hydrogen-bond donors (Lipinski definition) is 2. The Kier molecular flexibility index (Phi) is 5.31. The average Bonchev–Trinajstić information content (AvgIpc) is 2.90. The van der Waals surface area contributed by atoms with Crippen LogP contribution in [0.15, 0.2) is 24.3 Å². The number of rotatable bonds is 6. The molecule has 2 N–H and O–H groups in total. The van der Waals surface area contributed by atoms with Gasteiger partial charge >= 0.3 is 0 Å².